The third-order valence-corrected chi connectivity index (χ3v) is 2.31. The Hall–Kier alpha value is 0.230. The molecule has 0 saturated heterocycles. The lowest BCUT2D eigenvalue weighted by Gasteiger charge is -2.10. The Balaban J connectivity index is 3.06. The van der Waals surface area contributed by atoms with Crippen LogP contribution in [0.5, 0.6) is 0 Å². The van der Waals surface area contributed by atoms with Crippen molar-refractivity contribution >= 4 is 12.0 Å². The summed E-state index contributed by atoms with van der Waals surface area (Å²) in [5, 5.41) is 17.3. The first-order valence-corrected chi connectivity index (χ1v) is 5.26. The number of hydrogen-bond acceptors (Lipinski definition) is 4. The van der Waals surface area contributed by atoms with Gasteiger partial charge in [0.05, 0.1) is 13.2 Å². The lowest BCUT2D eigenvalue weighted by Crippen LogP contribution is -2.19. The van der Waals surface area contributed by atoms with Gasteiger partial charge >= 0.3 is 0 Å². The highest BCUT2D eigenvalue weighted by molar-refractivity contribution is 7.94. The van der Waals surface area contributed by atoms with Gasteiger partial charge in [-0.15, -0.1) is 0 Å². The topological polar surface area (TPSA) is 49.7 Å². The highest BCUT2D eigenvalue weighted by atomic mass is 32.2. The average molecular weight is 194 g/mol. The van der Waals surface area contributed by atoms with Crippen LogP contribution in [0.1, 0.15) is 26.2 Å². The molecular weight excluding hydrogens is 176 g/mol. The van der Waals surface area contributed by atoms with E-state index in [9.17, 15) is 0 Å². The minimum absolute atomic E-state index is 0.114. The van der Waals surface area contributed by atoms with E-state index >= 15 is 0 Å². The lowest BCUT2D eigenvalue weighted by molar-refractivity contribution is 0.0783. The molecule has 0 unspecified atom stereocenters. The van der Waals surface area contributed by atoms with Crippen molar-refractivity contribution in [2.45, 2.75) is 32.3 Å². The van der Waals surface area contributed by atoms with Gasteiger partial charge < -0.3 is 14.4 Å². The molecule has 0 saturated carbocycles. The minimum atomic E-state index is -0.420. The summed E-state index contributed by atoms with van der Waals surface area (Å²) in [6, 6.07) is 0. The Kier molecular flexibility index (Phi) is 9.50. The van der Waals surface area contributed by atoms with E-state index in [4.69, 9.17) is 14.4 Å². The summed E-state index contributed by atoms with van der Waals surface area (Å²) in [6.07, 6.45) is 3.12. The Bertz CT molecular complexity index is 86.4. The molecule has 0 aliphatic carbocycles. The molecule has 0 rings (SSSR count). The van der Waals surface area contributed by atoms with E-state index in [1.807, 2.05) is 0 Å². The van der Waals surface area contributed by atoms with Crippen molar-refractivity contribution in [2.75, 3.05) is 19.0 Å². The maximum atomic E-state index is 8.63. The Morgan fingerprint density at radius 1 is 1.25 bits per heavy atom. The number of aliphatic hydroxyl groups is 2. The van der Waals surface area contributed by atoms with Gasteiger partial charge in [-0.1, -0.05) is 19.8 Å². The quantitative estimate of drug-likeness (QED) is 0.450. The zero-order valence-corrected chi connectivity index (χ0v) is 8.35. The second kappa shape index (κ2) is 9.32. The van der Waals surface area contributed by atoms with Crippen LogP contribution in [0.3, 0.4) is 0 Å². The number of aliphatic hydroxyl groups excluding tert-OH is 2. The van der Waals surface area contributed by atoms with Gasteiger partial charge in [-0.3, -0.25) is 0 Å². The molecule has 12 heavy (non-hydrogen) atoms. The fourth-order valence-corrected chi connectivity index (χ4v) is 1.41. The minimum Gasteiger partial charge on any atom is -0.394 e. The molecule has 0 aromatic carbocycles. The molecule has 4 heteroatoms. The first-order chi connectivity index (χ1) is 5.85. The number of unbranched alkanes of at least 4 members (excludes halogenated alkanes) is 2. The standard InChI is InChI=1S/C8H18O3S/c1-2-3-4-5-12-11-8(6-9)7-10/h8-10H,2-7H2,1H3. The fourth-order valence-electron chi connectivity index (χ4n) is 0.674. The second-order valence-corrected chi connectivity index (χ2v) is 3.45. The van der Waals surface area contributed by atoms with Crippen molar-refractivity contribution in [3.05, 3.63) is 0 Å². The molecule has 0 aliphatic heterocycles. The van der Waals surface area contributed by atoms with Gasteiger partial charge in [0.1, 0.15) is 6.10 Å². The third kappa shape index (κ3) is 6.91. The van der Waals surface area contributed by atoms with Crippen LogP contribution in [0.25, 0.3) is 0 Å². The molecule has 0 atom stereocenters. The van der Waals surface area contributed by atoms with Crippen molar-refractivity contribution in [1.82, 2.24) is 0 Å². The van der Waals surface area contributed by atoms with Gasteiger partial charge in [-0.25, -0.2) is 0 Å². The molecule has 0 heterocycles. The summed E-state index contributed by atoms with van der Waals surface area (Å²) in [6.45, 7) is 1.92. The first kappa shape index (κ1) is 12.2. The van der Waals surface area contributed by atoms with Gasteiger partial charge in [-0.2, -0.15) is 0 Å². The van der Waals surface area contributed by atoms with Gasteiger partial charge in [0, 0.05) is 5.75 Å². The molecule has 0 radical (unpaired) electrons. The van der Waals surface area contributed by atoms with E-state index in [1.54, 1.807) is 0 Å². The van der Waals surface area contributed by atoms with Crippen LogP contribution in [0.4, 0.5) is 0 Å². The Labute approximate surface area is 78.3 Å². The summed E-state index contributed by atoms with van der Waals surface area (Å²) in [5.41, 5.74) is 0. The number of hydrogen-bond donors (Lipinski definition) is 2. The maximum Gasteiger partial charge on any atom is 0.118 e. The summed E-state index contributed by atoms with van der Waals surface area (Å²) in [7, 11) is 0. The van der Waals surface area contributed by atoms with Crippen molar-refractivity contribution < 1.29 is 14.4 Å². The van der Waals surface area contributed by atoms with E-state index in [0.717, 1.165) is 12.2 Å². The van der Waals surface area contributed by atoms with Crippen LogP contribution in [0.15, 0.2) is 0 Å². The van der Waals surface area contributed by atoms with Crippen LogP contribution in [0, 0.1) is 0 Å². The predicted octanol–water partition coefficient (Wildman–Crippen LogP) is 1.19. The summed E-state index contributed by atoms with van der Waals surface area (Å²) >= 11 is 1.33. The summed E-state index contributed by atoms with van der Waals surface area (Å²) in [4.78, 5) is 0. The van der Waals surface area contributed by atoms with Gasteiger partial charge in [0.25, 0.3) is 0 Å². The summed E-state index contributed by atoms with van der Waals surface area (Å²) in [5.74, 6) is 0.935. The normalized spacial score (nSPS) is 11.0. The summed E-state index contributed by atoms with van der Waals surface area (Å²) < 4.78 is 5.10. The molecule has 2 N–H and O–H groups in total. The fraction of sp³-hybridized carbons (Fsp3) is 1.00. The van der Waals surface area contributed by atoms with Crippen molar-refractivity contribution in [2.24, 2.45) is 0 Å². The first-order valence-electron chi connectivity index (χ1n) is 4.35. The Morgan fingerprint density at radius 3 is 2.42 bits per heavy atom. The van der Waals surface area contributed by atoms with Crippen LogP contribution in [-0.4, -0.2) is 35.3 Å². The van der Waals surface area contributed by atoms with E-state index in [1.165, 1.54) is 24.9 Å². The molecule has 0 fully saturated rings. The molecule has 74 valence electrons. The zero-order valence-electron chi connectivity index (χ0n) is 7.53. The molecule has 0 spiro atoms. The van der Waals surface area contributed by atoms with E-state index in [-0.39, 0.29) is 13.2 Å². The SMILES string of the molecule is CCCCCSOC(CO)CO. The van der Waals surface area contributed by atoms with Crippen LogP contribution < -0.4 is 0 Å². The molecular formula is C8H18O3S. The van der Waals surface area contributed by atoms with Gasteiger partial charge in [0.15, 0.2) is 0 Å². The predicted molar refractivity (Wildman–Crippen MR) is 51.0 cm³/mol. The van der Waals surface area contributed by atoms with Crippen LogP contribution in [0.2, 0.25) is 0 Å². The molecule has 0 aromatic rings. The monoisotopic (exact) mass is 194 g/mol. The Morgan fingerprint density at radius 2 is 1.92 bits per heavy atom. The molecule has 0 bridgehead atoms. The van der Waals surface area contributed by atoms with E-state index in [2.05, 4.69) is 6.92 Å². The van der Waals surface area contributed by atoms with E-state index in [0.29, 0.717) is 0 Å². The average Bonchev–Trinajstić information content (AvgIpc) is 2.11. The second-order valence-electron chi connectivity index (χ2n) is 2.61. The maximum absolute atomic E-state index is 8.63. The van der Waals surface area contributed by atoms with Crippen molar-refractivity contribution in [3.8, 4) is 0 Å². The third-order valence-electron chi connectivity index (χ3n) is 1.44. The smallest absolute Gasteiger partial charge is 0.118 e. The van der Waals surface area contributed by atoms with Crippen molar-refractivity contribution in [1.29, 1.82) is 0 Å². The lowest BCUT2D eigenvalue weighted by atomic mass is 10.3. The highest BCUT2D eigenvalue weighted by Gasteiger charge is 2.05. The molecule has 0 amide bonds. The van der Waals surface area contributed by atoms with Gasteiger partial charge in [0.2, 0.25) is 0 Å². The van der Waals surface area contributed by atoms with E-state index < -0.39 is 6.10 Å². The van der Waals surface area contributed by atoms with Crippen LogP contribution in [-0.2, 0) is 4.18 Å². The van der Waals surface area contributed by atoms with Gasteiger partial charge in [-0.05, 0) is 18.5 Å². The largest absolute Gasteiger partial charge is 0.394 e. The highest BCUT2D eigenvalue weighted by Crippen LogP contribution is 2.10. The molecule has 0 aliphatic rings. The zero-order chi connectivity index (χ0) is 9.23. The van der Waals surface area contributed by atoms with Crippen molar-refractivity contribution in [3.63, 3.8) is 0 Å². The number of rotatable bonds is 8. The van der Waals surface area contributed by atoms with Crippen LogP contribution >= 0.6 is 12.0 Å². The molecule has 3 nitrogen and oxygen atoms in total. The molecule has 0 aromatic heterocycles.